The molecule has 0 bridgehead atoms. The van der Waals surface area contributed by atoms with E-state index in [1.165, 1.54) is 0 Å². The highest BCUT2D eigenvalue weighted by Gasteiger charge is 2.68. The zero-order valence-electron chi connectivity index (χ0n) is 23.8. The molecule has 1 aliphatic heterocycles. The second kappa shape index (κ2) is 10.8. The number of allylic oxidation sites excluding steroid dienone is 1. The van der Waals surface area contributed by atoms with Crippen molar-refractivity contribution in [1.29, 1.82) is 0 Å². The van der Waals surface area contributed by atoms with Crippen molar-refractivity contribution in [1.82, 2.24) is 10.6 Å². The number of carbonyl (C=O) groups excluding carboxylic acids is 5. The Kier molecular flexibility index (Phi) is 7.85. The fourth-order valence-electron chi connectivity index (χ4n) is 9.16. The Morgan fingerprint density at radius 3 is 2.60 bits per heavy atom. The van der Waals surface area contributed by atoms with Gasteiger partial charge in [-0.05, 0) is 87.0 Å². The molecule has 0 aromatic carbocycles. The highest BCUT2D eigenvalue weighted by atomic mass is 16.3. The summed E-state index contributed by atoms with van der Waals surface area (Å²) in [5.41, 5.74) is -1.68. The molecule has 9 nitrogen and oxygen atoms in total. The number of ketones is 3. The minimum atomic E-state index is -1.71. The normalized spacial score (nSPS) is 41.0. The van der Waals surface area contributed by atoms with Gasteiger partial charge >= 0.3 is 0 Å². The van der Waals surface area contributed by atoms with Crippen LogP contribution >= 0.6 is 0 Å². The largest absolute Gasteiger partial charge is 0.393 e. The van der Waals surface area contributed by atoms with Crippen LogP contribution in [0.25, 0.3) is 0 Å². The lowest BCUT2D eigenvalue weighted by atomic mass is 9.45. The van der Waals surface area contributed by atoms with Gasteiger partial charge in [0.05, 0.1) is 12.5 Å². The third kappa shape index (κ3) is 4.87. The fourth-order valence-corrected chi connectivity index (χ4v) is 9.16. The Labute approximate surface area is 235 Å². The van der Waals surface area contributed by atoms with Crippen LogP contribution < -0.4 is 10.6 Å². The topological polar surface area (TPSA) is 150 Å². The van der Waals surface area contributed by atoms with Gasteiger partial charge in [-0.2, -0.15) is 0 Å². The number of nitrogens with one attached hydrogen (secondary N) is 2. The Balaban J connectivity index is 1.22. The molecule has 1 saturated heterocycles. The SMILES string of the molecule is C[C@]12CCC(=O)C=C1CC[C@H]1[C@H]2[C@@H](O)C[C@@]2(C)[C@H]1CC[C@]2(O)C(=O)CC(=O)CCC(=O)N[C@H]1CCCCNC1=O. The van der Waals surface area contributed by atoms with Crippen molar-refractivity contribution < 1.29 is 34.2 Å². The van der Waals surface area contributed by atoms with Crippen LogP contribution in [-0.2, 0) is 24.0 Å². The fraction of sp³-hybridized carbons (Fsp3) is 0.774. The van der Waals surface area contributed by atoms with Crippen molar-refractivity contribution in [3.63, 3.8) is 0 Å². The molecule has 0 unspecified atom stereocenters. The minimum absolute atomic E-state index is 0.0215. The van der Waals surface area contributed by atoms with E-state index in [4.69, 9.17) is 0 Å². The average Bonchev–Trinajstić information content (AvgIpc) is 3.02. The van der Waals surface area contributed by atoms with Crippen molar-refractivity contribution in [2.24, 2.45) is 28.6 Å². The van der Waals surface area contributed by atoms with E-state index in [-0.39, 0.29) is 60.5 Å². The molecule has 220 valence electrons. The van der Waals surface area contributed by atoms with Crippen LogP contribution in [0.2, 0.25) is 0 Å². The predicted molar refractivity (Wildman–Crippen MR) is 146 cm³/mol. The smallest absolute Gasteiger partial charge is 0.242 e. The number of Topliss-reactive ketones (excluding diaryl/α,β-unsaturated/α-hetero) is 2. The number of aliphatic hydroxyl groups is 2. The molecule has 3 saturated carbocycles. The lowest BCUT2D eigenvalue weighted by molar-refractivity contribution is -0.180. The van der Waals surface area contributed by atoms with Crippen LogP contribution in [0.15, 0.2) is 11.6 Å². The molecule has 1 heterocycles. The summed E-state index contributed by atoms with van der Waals surface area (Å²) in [6, 6.07) is -0.605. The molecular weight excluding hydrogens is 512 g/mol. The van der Waals surface area contributed by atoms with Gasteiger partial charge < -0.3 is 20.8 Å². The molecule has 0 aromatic rings. The average molecular weight is 557 g/mol. The van der Waals surface area contributed by atoms with E-state index < -0.39 is 47.1 Å². The summed E-state index contributed by atoms with van der Waals surface area (Å²) < 4.78 is 0. The number of amides is 2. The van der Waals surface area contributed by atoms with Crippen LogP contribution in [-0.4, -0.2) is 63.7 Å². The highest BCUT2D eigenvalue weighted by molar-refractivity contribution is 6.04. The zero-order chi connectivity index (χ0) is 28.9. The van der Waals surface area contributed by atoms with Crippen LogP contribution in [0, 0.1) is 28.6 Å². The van der Waals surface area contributed by atoms with E-state index in [9.17, 15) is 34.2 Å². The third-order valence-electron chi connectivity index (χ3n) is 11.4. The zero-order valence-corrected chi connectivity index (χ0v) is 23.8. The van der Waals surface area contributed by atoms with E-state index >= 15 is 0 Å². The molecule has 4 N–H and O–H groups in total. The van der Waals surface area contributed by atoms with Gasteiger partial charge in [0.15, 0.2) is 11.6 Å². The minimum Gasteiger partial charge on any atom is -0.393 e. The van der Waals surface area contributed by atoms with Crippen molar-refractivity contribution in [3.8, 4) is 0 Å². The Morgan fingerprint density at radius 2 is 1.82 bits per heavy atom. The second-order valence-electron chi connectivity index (χ2n) is 13.5. The van der Waals surface area contributed by atoms with E-state index in [1.54, 1.807) is 6.08 Å². The van der Waals surface area contributed by atoms with E-state index in [2.05, 4.69) is 17.6 Å². The van der Waals surface area contributed by atoms with Crippen molar-refractivity contribution in [2.75, 3.05) is 6.54 Å². The Hall–Kier alpha value is -2.39. The number of carbonyl (C=O) groups is 5. The molecule has 4 fully saturated rings. The van der Waals surface area contributed by atoms with Crippen LogP contribution in [0.3, 0.4) is 0 Å². The van der Waals surface area contributed by atoms with E-state index in [0.29, 0.717) is 25.8 Å². The maximum atomic E-state index is 13.5. The number of fused-ring (bicyclic) bond motifs is 5. The van der Waals surface area contributed by atoms with Gasteiger partial charge in [-0.15, -0.1) is 0 Å². The predicted octanol–water partition coefficient (Wildman–Crippen LogP) is 2.31. The number of aliphatic hydroxyl groups excluding tert-OH is 1. The monoisotopic (exact) mass is 556 g/mol. The molecular formula is C31H44N2O7. The van der Waals surface area contributed by atoms with Crippen LogP contribution in [0.4, 0.5) is 0 Å². The standard InChI is InChI=1S/C31H44N2O7/c1-29-12-10-20(35)15-18(29)6-8-21-22-11-13-31(40,30(22,2)17-24(36)27(21)29)25(37)16-19(34)7-9-26(38)33-23-5-3-4-14-32-28(23)39/h15,21-24,27,36,40H,3-14,16-17H2,1-2H3,(H,32,39)(H,33,38)/t21-,22+,23+,24+,27+,29+,30+,31+/m1/s1. The molecule has 0 spiro atoms. The maximum Gasteiger partial charge on any atom is 0.242 e. The summed E-state index contributed by atoms with van der Waals surface area (Å²) in [5, 5.41) is 28.8. The van der Waals surface area contributed by atoms with Gasteiger partial charge in [0, 0.05) is 31.2 Å². The Morgan fingerprint density at radius 1 is 1.05 bits per heavy atom. The maximum absolute atomic E-state index is 13.5. The van der Waals surface area contributed by atoms with Crippen molar-refractivity contribution in [2.45, 2.75) is 115 Å². The van der Waals surface area contributed by atoms with Crippen molar-refractivity contribution >= 4 is 29.2 Å². The number of hydrogen-bond donors (Lipinski definition) is 4. The number of rotatable bonds is 7. The molecule has 0 radical (unpaired) electrons. The first-order chi connectivity index (χ1) is 18.9. The summed E-state index contributed by atoms with van der Waals surface area (Å²) in [5.74, 6) is -1.25. The lowest BCUT2D eigenvalue weighted by Gasteiger charge is -2.60. The quantitative estimate of drug-likeness (QED) is 0.352. The van der Waals surface area contributed by atoms with Gasteiger partial charge in [-0.1, -0.05) is 19.4 Å². The first-order valence-electron chi connectivity index (χ1n) is 15.2. The molecule has 2 amide bonds. The first-order valence-corrected chi connectivity index (χ1v) is 15.2. The second-order valence-corrected chi connectivity index (χ2v) is 13.5. The van der Waals surface area contributed by atoms with Gasteiger partial charge in [0.25, 0.3) is 0 Å². The van der Waals surface area contributed by atoms with Crippen LogP contribution in [0.1, 0.15) is 97.3 Å². The lowest BCUT2D eigenvalue weighted by Crippen LogP contribution is -2.61. The first kappa shape index (κ1) is 29.1. The molecule has 4 aliphatic carbocycles. The number of hydrogen-bond acceptors (Lipinski definition) is 7. The van der Waals surface area contributed by atoms with Crippen LogP contribution in [0.5, 0.6) is 0 Å². The van der Waals surface area contributed by atoms with Crippen molar-refractivity contribution in [3.05, 3.63) is 11.6 Å². The summed E-state index contributed by atoms with van der Waals surface area (Å²) >= 11 is 0. The summed E-state index contributed by atoms with van der Waals surface area (Å²) in [6.07, 6.45) is 6.58. The molecule has 5 aliphatic rings. The van der Waals surface area contributed by atoms with Gasteiger partial charge in [-0.25, -0.2) is 0 Å². The van der Waals surface area contributed by atoms with Gasteiger partial charge in [-0.3, -0.25) is 24.0 Å². The highest BCUT2D eigenvalue weighted by Crippen LogP contribution is 2.67. The molecule has 5 rings (SSSR count). The molecule has 40 heavy (non-hydrogen) atoms. The summed E-state index contributed by atoms with van der Waals surface area (Å²) in [7, 11) is 0. The molecule has 0 aromatic heterocycles. The Bertz CT molecular complexity index is 1130. The summed E-state index contributed by atoms with van der Waals surface area (Å²) in [4.78, 5) is 62.9. The third-order valence-corrected chi connectivity index (χ3v) is 11.4. The summed E-state index contributed by atoms with van der Waals surface area (Å²) in [6.45, 7) is 4.65. The van der Waals surface area contributed by atoms with Gasteiger partial charge in [0.1, 0.15) is 17.4 Å². The van der Waals surface area contributed by atoms with Gasteiger partial charge in [0.2, 0.25) is 11.8 Å². The van der Waals surface area contributed by atoms with E-state index in [0.717, 1.165) is 37.7 Å². The molecule has 8 atom stereocenters. The van der Waals surface area contributed by atoms with E-state index in [1.807, 2.05) is 6.92 Å². The molecule has 9 heteroatoms.